The van der Waals surface area contributed by atoms with E-state index in [9.17, 15) is 0 Å². The van der Waals surface area contributed by atoms with E-state index in [1.807, 2.05) is 0 Å². The van der Waals surface area contributed by atoms with Crippen LogP contribution in [0.1, 0.15) is 64.5 Å². The molecule has 0 saturated carbocycles. The van der Waals surface area contributed by atoms with Gasteiger partial charge in [0.1, 0.15) is 0 Å². The third kappa shape index (κ3) is 7.31. The zero-order valence-corrected chi connectivity index (χ0v) is 16.8. The number of nitrogens with zero attached hydrogens (tertiary/aromatic N) is 2. The van der Waals surface area contributed by atoms with Crippen LogP contribution in [-0.4, -0.2) is 37.8 Å². The highest BCUT2D eigenvalue weighted by atomic mass is 15.1. The lowest BCUT2D eigenvalue weighted by molar-refractivity contribution is 0.420. The number of benzene rings is 1. The molecular formula is C21H35N3. The van der Waals surface area contributed by atoms with Gasteiger partial charge in [-0.1, -0.05) is 33.8 Å². The normalized spacial score (nSPS) is 13.3. The molecule has 1 N–H and O–H groups in total. The van der Waals surface area contributed by atoms with E-state index in [1.165, 1.54) is 16.8 Å². The van der Waals surface area contributed by atoms with Crippen molar-refractivity contribution in [3.63, 3.8) is 0 Å². The fraction of sp³-hybridized carbons (Fsp3) is 0.571. The number of aliphatic imine (C=N–C) groups is 1. The molecule has 1 aromatic carbocycles. The predicted octanol–water partition coefficient (Wildman–Crippen LogP) is 5.27. The maximum Gasteiger partial charge on any atom is 0.0519 e. The Kier molecular flexibility index (Phi) is 8.20. The van der Waals surface area contributed by atoms with E-state index in [-0.39, 0.29) is 0 Å². The highest BCUT2D eigenvalue weighted by molar-refractivity contribution is 5.93. The Labute approximate surface area is 148 Å². The minimum absolute atomic E-state index is 0.530. The molecular weight excluding hydrogens is 294 g/mol. The summed E-state index contributed by atoms with van der Waals surface area (Å²) in [6.07, 6.45) is 2.12. The summed E-state index contributed by atoms with van der Waals surface area (Å²) < 4.78 is 0. The molecule has 0 heterocycles. The molecule has 3 nitrogen and oxygen atoms in total. The number of nitrogens with one attached hydrogen (secondary N) is 1. The molecule has 0 saturated heterocycles. The highest BCUT2D eigenvalue weighted by Gasteiger charge is 2.07. The number of likely N-dealkylation sites (N-methyl/N-ethyl adjacent to an activating group) is 1. The fourth-order valence-electron chi connectivity index (χ4n) is 2.46. The summed E-state index contributed by atoms with van der Waals surface area (Å²) in [5.41, 5.74) is 6.11. The van der Waals surface area contributed by atoms with Crippen molar-refractivity contribution in [1.82, 2.24) is 4.90 Å². The van der Waals surface area contributed by atoms with Crippen LogP contribution >= 0.6 is 0 Å². The van der Waals surface area contributed by atoms with Crippen LogP contribution in [0.3, 0.4) is 0 Å². The first-order valence-electron chi connectivity index (χ1n) is 8.95. The van der Waals surface area contributed by atoms with Gasteiger partial charge in [0.15, 0.2) is 0 Å². The van der Waals surface area contributed by atoms with Crippen molar-refractivity contribution < 1.29 is 0 Å². The zero-order valence-electron chi connectivity index (χ0n) is 16.8. The van der Waals surface area contributed by atoms with Crippen LogP contribution in [0.5, 0.6) is 0 Å². The lowest BCUT2D eigenvalue weighted by Gasteiger charge is -2.16. The molecule has 24 heavy (non-hydrogen) atoms. The Balaban J connectivity index is 2.88. The van der Waals surface area contributed by atoms with Gasteiger partial charge in [-0.05, 0) is 69.1 Å². The maximum atomic E-state index is 4.60. The van der Waals surface area contributed by atoms with Crippen LogP contribution in [0.15, 0.2) is 35.0 Å². The standard InChI is InChI=1S/C21H35N3/c1-15(2)19-12-20(16(3)4)14-21(13-19)23-18(6)11-17(5)22-9-10-24(7)8/h11-16,23H,9-10H2,1-8H3/b18-11-,22-17+. The van der Waals surface area contributed by atoms with Gasteiger partial charge in [0, 0.05) is 23.6 Å². The van der Waals surface area contributed by atoms with E-state index in [1.54, 1.807) is 0 Å². The van der Waals surface area contributed by atoms with Gasteiger partial charge in [-0.25, -0.2) is 0 Å². The van der Waals surface area contributed by atoms with Crippen LogP contribution in [-0.2, 0) is 0 Å². The Morgan fingerprint density at radius 2 is 1.58 bits per heavy atom. The van der Waals surface area contributed by atoms with Gasteiger partial charge >= 0.3 is 0 Å². The van der Waals surface area contributed by atoms with Crippen LogP contribution in [0.4, 0.5) is 5.69 Å². The van der Waals surface area contributed by atoms with E-state index in [2.05, 4.69) is 95.1 Å². The van der Waals surface area contributed by atoms with Gasteiger partial charge in [0.2, 0.25) is 0 Å². The molecule has 0 aromatic heterocycles. The van der Waals surface area contributed by atoms with Gasteiger partial charge in [0.05, 0.1) is 6.54 Å². The smallest absolute Gasteiger partial charge is 0.0519 e. The molecule has 0 amide bonds. The summed E-state index contributed by atoms with van der Waals surface area (Å²) in [6, 6.07) is 6.84. The quantitative estimate of drug-likeness (QED) is 0.658. The van der Waals surface area contributed by atoms with Crippen LogP contribution in [0.25, 0.3) is 0 Å². The third-order valence-corrected chi connectivity index (χ3v) is 3.99. The Morgan fingerprint density at radius 3 is 2.04 bits per heavy atom. The van der Waals surface area contributed by atoms with E-state index in [0.717, 1.165) is 24.5 Å². The van der Waals surface area contributed by atoms with E-state index in [4.69, 9.17) is 0 Å². The summed E-state index contributed by atoms with van der Waals surface area (Å²) in [4.78, 5) is 6.75. The summed E-state index contributed by atoms with van der Waals surface area (Å²) in [5.74, 6) is 1.06. The molecule has 1 aromatic rings. The van der Waals surface area contributed by atoms with Crippen molar-refractivity contribution in [3.05, 3.63) is 41.1 Å². The van der Waals surface area contributed by atoms with Gasteiger partial charge in [-0.3, -0.25) is 4.99 Å². The summed E-state index contributed by atoms with van der Waals surface area (Å²) >= 11 is 0. The minimum atomic E-state index is 0.530. The molecule has 0 spiro atoms. The molecule has 0 atom stereocenters. The number of allylic oxidation sites excluding steroid dienone is 2. The number of hydrogen-bond donors (Lipinski definition) is 1. The molecule has 0 aliphatic heterocycles. The highest BCUT2D eigenvalue weighted by Crippen LogP contribution is 2.26. The van der Waals surface area contributed by atoms with Gasteiger partial charge < -0.3 is 10.2 Å². The largest absolute Gasteiger partial charge is 0.359 e. The first kappa shape index (κ1) is 20.4. The molecule has 0 fully saturated rings. The monoisotopic (exact) mass is 329 g/mol. The molecule has 0 unspecified atom stereocenters. The molecule has 134 valence electrons. The lowest BCUT2D eigenvalue weighted by Crippen LogP contribution is -2.15. The van der Waals surface area contributed by atoms with Crippen molar-refractivity contribution in [2.24, 2.45) is 4.99 Å². The van der Waals surface area contributed by atoms with Gasteiger partial charge in [-0.15, -0.1) is 0 Å². The van der Waals surface area contributed by atoms with Crippen molar-refractivity contribution in [2.75, 3.05) is 32.5 Å². The number of hydrogen-bond acceptors (Lipinski definition) is 3. The molecule has 3 heteroatoms. The summed E-state index contributed by atoms with van der Waals surface area (Å²) in [5, 5.41) is 3.53. The second-order valence-corrected chi connectivity index (χ2v) is 7.48. The lowest BCUT2D eigenvalue weighted by atomic mass is 9.95. The van der Waals surface area contributed by atoms with Gasteiger partial charge in [0.25, 0.3) is 0 Å². The number of rotatable bonds is 8. The van der Waals surface area contributed by atoms with Crippen molar-refractivity contribution in [2.45, 2.75) is 53.4 Å². The van der Waals surface area contributed by atoms with E-state index >= 15 is 0 Å². The SMILES string of the molecule is C/C(=C/C(C)=N/CCN(C)C)Nc1cc(C(C)C)cc(C(C)C)c1. The van der Waals surface area contributed by atoms with Crippen molar-refractivity contribution >= 4 is 11.4 Å². The van der Waals surface area contributed by atoms with E-state index < -0.39 is 0 Å². The first-order chi connectivity index (χ1) is 11.2. The topological polar surface area (TPSA) is 27.6 Å². The second kappa shape index (κ2) is 9.63. The second-order valence-electron chi connectivity index (χ2n) is 7.48. The molecule has 0 radical (unpaired) electrons. The third-order valence-electron chi connectivity index (χ3n) is 3.99. The van der Waals surface area contributed by atoms with Crippen LogP contribution < -0.4 is 5.32 Å². The Bertz CT molecular complexity index is 554. The van der Waals surface area contributed by atoms with Gasteiger partial charge in [-0.2, -0.15) is 0 Å². The first-order valence-corrected chi connectivity index (χ1v) is 8.95. The minimum Gasteiger partial charge on any atom is -0.359 e. The predicted molar refractivity (Wildman–Crippen MR) is 109 cm³/mol. The van der Waals surface area contributed by atoms with E-state index in [0.29, 0.717) is 11.8 Å². The summed E-state index contributed by atoms with van der Waals surface area (Å²) in [7, 11) is 4.14. The zero-order chi connectivity index (χ0) is 18.3. The average Bonchev–Trinajstić information content (AvgIpc) is 2.45. The van der Waals surface area contributed by atoms with Crippen LogP contribution in [0.2, 0.25) is 0 Å². The maximum absolute atomic E-state index is 4.60. The molecule has 0 aliphatic carbocycles. The fourth-order valence-corrected chi connectivity index (χ4v) is 2.46. The Morgan fingerprint density at radius 1 is 1.04 bits per heavy atom. The van der Waals surface area contributed by atoms with Crippen molar-refractivity contribution in [1.29, 1.82) is 0 Å². The molecule has 0 aliphatic rings. The van der Waals surface area contributed by atoms with Crippen LogP contribution in [0, 0.1) is 0 Å². The summed E-state index contributed by atoms with van der Waals surface area (Å²) in [6.45, 7) is 14.9. The molecule has 0 bridgehead atoms. The molecule has 1 rings (SSSR count). The Hall–Kier alpha value is -1.61. The van der Waals surface area contributed by atoms with Crippen molar-refractivity contribution in [3.8, 4) is 0 Å². The number of anilines is 1. The average molecular weight is 330 g/mol.